The number of aliphatic imine (C=N–C) groups is 1. The molecule has 0 aromatic heterocycles. The van der Waals surface area contributed by atoms with E-state index < -0.39 is 0 Å². The predicted octanol–water partition coefficient (Wildman–Crippen LogP) is 3.26. The van der Waals surface area contributed by atoms with Crippen LogP contribution in [0, 0.1) is 0 Å². The standard InChI is InChI=1S/C12H19N3OS.2ClH/c1-4-17-12(14)15-9-5-6-11(16-3)10(7-9)8(2)13;;/h5-8H,4,13H2,1-3H3,(H2,14,15);2*1H. The van der Waals surface area contributed by atoms with Gasteiger partial charge in [-0.2, -0.15) is 0 Å². The number of nitrogens with zero attached hydrogens (tertiary/aromatic N) is 1. The number of hydrogen-bond acceptors (Lipinski definition) is 4. The molecule has 0 bridgehead atoms. The van der Waals surface area contributed by atoms with Gasteiger partial charge in [-0.1, -0.05) is 18.7 Å². The van der Waals surface area contributed by atoms with Crippen LogP contribution in [-0.2, 0) is 0 Å². The normalized spacial score (nSPS) is 12.1. The highest BCUT2D eigenvalue weighted by molar-refractivity contribution is 8.13. The van der Waals surface area contributed by atoms with Gasteiger partial charge in [0.25, 0.3) is 0 Å². The van der Waals surface area contributed by atoms with Crippen LogP contribution in [-0.4, -0.2) is 18.0 Å². The molecule has 4 nitrogen and oxygen atoms in total. The molecule has 110 valence electrons. The third kappa shape index (κ3) is 6.38. The maximum absolute atomic E-state index is 5.88. The van der Waals surface area contributed by atoms with Crippen molar-refractivity contribution in [1.29, 1.82) is 0 Å². The number of ether oxygens (including phenoxy) is 1. The van der Waals surface area contributed by atoms with Gasteiger partial charge in [0.15, 0.2) is 5.17 Å². The van der Waals surface area contributed by atoms with Crippen LogP contribution in [0.4, 0.5) is 5.69 Å². The molecule has 0 heterocycles. The van der Waals surface area contributed by atoms with E-state index in [1.54, 1.807) is 7.11 Å². The number of methoxy groups -OCH3 is 1. The number of nitrogens with two attached hydrogens (primary N) is 2. The largest absolute Gasteiger partial charge is 0.496 e. The van der Waals surface area contributed by atoms with Crippen LogP contribution in [0.3, 0.4) is 0 Å². The molecule has 0 aliphatic carbocycles. The number of rotatable bonds is 4. The molecule has 0 saturated carbocycles. The van der Waals surface area contributed by atoms with E-state index in [0.717, 1.165) is 22.8 Å². The average Bonchev–Trinajstić information content (AvgIpc) is 2.29. The molecular formula is C12H21Cl2N3OS. The highest BCUT2D eigenvalue weighted by Gasteiger charge is 2.08. The van der Waals surface area contributed by atoms with Crippen molar-refractivity contribution in [3.05, 3.63) is 23.8 Å². The SMILES string of the molecule is CCSC(N)=Nc1ccc(OC)c(C(C)N)c1.Cl.Cl. The summed E-state index contributed by atoms with van der Waals surface area (Å²) >= 11 is 1.52. The zero-order chi connectivity index (χ0) is 12.8. The Hall–Kier alpha value is -0.620. The van der Waals surface area contributed by atoms with Gasteiger partial charge >= 0.3 is 0 Å². The van der Waals surface area contributed by atoms with Crippen LogP contribution >= 0.6 is 36.6 Å². The second-order valence-electron chi connectivity index (χ2n) is 3.60. The summed E-state index contributed by atoms with van der Waals surface area (Å²) in [5.41, 5.74) is 13.4. The van der Waals surface area contributed by atoms with E-state index in [-0.39, 0.29) is 30.9 Å². The molecule has 0 fully saturated rings. The van der Waals surface area contributed by atoms with Crippen LogP contribution in [0.15, 0.2) is 23.2 Å². The Morgan fingerprint density at radius 2 is 2.05 bits per heavy atom. The van der Waals surface area contributed by atoms with Crippen molar-refractivity contribution in [2.45, 2.75) is 19.9 Å². The molecular weight excluding hydrogens is 305 g/mol. The Balaban J connectivity index is 0. The minimum Gasteiger partial charge on any atom is -0.496 e. The molecule has 7 heteroatoms. The Bertz CT molecular complexity index is 414. The smallest absolute Gasteiger partial charge is 0.159 e. The highest BCUT2D eigenvalue weighted by atomic mass is 35.5. The van der Waals surface area contributed by atoms with Gasteiger partial charge in [-0.3, -0.25) is 0 Å². The Labute approximate surface area is 131 Å². The Kier molecular flexibility index (Phi) is 11.1. The second-order valence-corrected chi connectivity index (χ2v) is 4.88. The van der Waals surface area contributed by atoms with Gasteiger partial charge in [-0.25, -0.2) is 4.99 Å². The van der Waals surface area contributed by atoms with Crippen LogP contribution in [0.2, 0.25) is 0 Å². The zero-order valence-electron chi connectivity index (χ0n) is 11.3. The van der Waals surface area contributed by atoms with E-state index in [1.165, 1.54) is 11.8 Å². The summed E-state index contributed by atoms with van der Waals surface area (Å²) in [6.45, 7) is 3.95. The lowest BCUT2D eigenvalue weighted by Crippen LogP contribution is -2.08. The van der Waals surface area contributed by atoms with Crippen LogP contribution < -0.4 is 16.2 Å². The van der Waals surface area contributed by atoms with Gasteiger partial charge < -0.3 is 16.2 Å². The Morgan fingerprint density at radius 1 is 1.42 bits per heavy atom. The van der Waals surface area contributed by atoms with Gasteiger partial charge in [0, 0.05) is 11.6 Å². The number of benzene rings is 1. The fraction of sp³-hybridized carbons (Fsp3) is 0.417. The summed E-state index contributed by atoms with van der Waals surface area (Å²) in [4.78, 5) is 4.31. The van der Waals surface area contributed by atoms with Gasteiger partial charge in [-0.15, -0.1) is 24.8 Å². The number of amidine groups is 1. The molecule has 0 saturated heterocycles. The molecule has 0 spiro atoms. The first-order valence-electron chi connectivity index (χ1n) is 5.49. The van der Waals surface area contributed by atoms with Crippen molar-refractivity contribution < 1.29 is 4.74 Å². The molecule has 4 N–H and O–H groups in total. The lowest BCUT2D eigenvalue weighted by atomic mass is 10.1. The van der Waals surface area contributed by atoms with E-state index in [0.29, 0.717) is 5.17 Å². The third-order valence-corrected chi connectivity index (χ3v) is 2.91. The minimum atomic E-state index is -0.0971. The predicted molar refractivity (Wildman–Crippen MR) is 89.5 cm³/mol. The first-order valence-corrected chi connectivity index (χ1v) is 6.47. The summed E-state index contributed by atoms with van der Waals surface area (Å²) in [5.74, 6) is 1.69. The van der Waals surface area contributed by atoms with Crippen LogP contribution in [0.1, 0.15) is 25.5 Å². The van der Waals surface area contributed by atoms with Crippen LogP contribution in [0.25, 0.3) is 0 Å². The summed E-state index contributed by atoms with van der Waals surface area (Å²) in [6, 6.07) is 5.54. The number of halogens is 2. The molecule has 1 rings (SSSR count). The molecule has 1 unspecified atom stereocenters. The maximum atomic E-state index is 5.88. The lowest BCUT2D eigenvalue weighted by Gasteiger charge is -2.12. The molecule has 0 aliphatic heterocycles. The van der Waals surface area contributed by atoms with E-state index in [4.69, 9.17) is 16.2 Å². The molecule has 0 amide bonds. The van der Waals surface area contributed by atoms with E-state index >= 15 is 0 Å². The summed E-state index contributed by atoms with van der Waals surface area (Å²) in [6.07, 6.45) is 0. The van der Waals surface area contributed by atoms with Crippen molar-refractivity contribution >= 4 is 47.4 Å². The van der Waals surface area contributed by atoms with Crippen molar-refractivity contribution in [3.63, 3.8) is 0 Å². The quantitative estimate of drug-likeness (QED) is 0.658. The molecule has 0 aliphatic rings. The fourth-order valence-corrected chi connectivity index (χ4v) is 1.92. The molecule has 1 atom stereocenters. The van der Waals surface area contributed by atoms with Gasteiger partial charge in [0.2, 0.25) is 0 Å². The maximum Gasteiger partial charge on any atom is 0.159 e. The van der Waals surface area contributed by atoms with Crippen molar-refractivity contribution in [3.8, 4) is 5.75 Å². The monoisotopic (exact) mass is 325 g/mol. The summed E-state index contributed by atoms with van der Waals surface area (Å²) in [5, 5.41) is 0.563. The van der Waals surface area contributed by atoms with E-state index in [1.807, 2.05) is 32.0 Å². The van der Waals surface area contributed by atoms with E-state index in [9.17, 15) is 0 Å². The second kappa shape index (κ2) is 10.2. The van der Waals surface area contributed by atoms with Crippen molar-refractivity contribution in [2.24, 2.45) is 16.5 Å². The topological polar surface area (TPSA) is 73.6 Å². The average molecular weight is 326 g/mol. The summed E-state index contributed by atoms with van der Waals surface area (Å²) in [7, 11) is 1.63. The van der Waals surface area contributed by atoms with Gasteiger partial charge in [-0.05, 0) is 30.9 Å². The lowest BCUT2D eigenvalue weighted by molar-refractivity contribution is 0.407. The van der Waals surface area contributed by atoms with Crippen molar-refractivity contribution in [2.75, 3.05) is 12.9 Å². The van der Waals surface area contributed by atoms with Crippen LogP contribution in [0.5, 0.6) is 5.75 Å². The molecule has 1 aromatic rings. The first kappa shape index (κ1) is 20.7. The third-order valence-electron chi connectivity index (χ3n) is 2.24. The molecule has 0 radical (unpaired) electrons. The molecule has 19 heavy (non-hydrogen) atoms. The first-order chi connectivity index (χ1) is 8.08. The molecule has 1 aromatic carbocycles. The summed E-state index contributed by atoms with van der Waals surface area (Å²) < 4.78 is 5.25. The van der Waals surface area contributed by atoms with Gasteiger partial charge in [0.05, 0.1) is 12.8 Å². The fourth-order valence-electron chi connectivity index (χ4n) is 1.45. The van der Waals surface area contributed by atoms with Gasteiger partial charge in [0.1, 0.15) is 5.75 Å². The number of hydrogen-bond donors (Lipinski definition) is 2. The van der Waals surface area contributed by atoms with Crippen molar-refractivity contribution in [1.82, 2.24) is 0 Å². The zero-order valence-corrected chi connectivity index (χ0v) is 13.7. The van der Waals surface area contributed by atoms with E-state index in [2.05, 4.69) is 4.99 Å². The Morgan fingerprint density at radius 3 is 2.53 bits per heavy atom. The minimum absolute atomic E-state index is 0. The number of thioether (sulfide) groups is 1. The highest BCUT2D eigenvalue weighted by Crippen LogP contribution is 2.28.